The van der Waals surface area contributed by atoms with Crippen molar-refractivity contribution in [1.82, 2.24) is 19.6 Å². The van der Waals surface area contributed by atoms with Crippen molar-refractivity contribution in [1.29, 1.82) is 0 Å². The molecule has 1 N–H and O–H groups in total. The number of aryl methyl sites for hydroxylation is 2. The highest BCUT2D eigenvalue weighted by Gasteiger charge is 2.40. The minimum Gasteiger partial charge on any atom is -0.363 e. The zero-order valence-electron chi connectivity index (χ0n) is 23.5. The number of rotatable bonds is 8. The van der Waals surface area contributed by atoms with Gasteiger partial charge in [-0.25, -0.2) is 9.36 Å². The summed E-state index contributed by atoms with van der Waals surface area (Å²) < 4.78 is 4.02. The number of ketones is 1. The van der Waals surface area contributed by atoms with E-state index in [4.69, 9.17) is 10.2 Å². The van der Waals surface area contributed by atoms with Gasteiger partial charge in [0.05, 0.1) is 34.2 Å². The molecule has 1 aliphatic rings. The molecule has 0 saturated heterocycles. The molecule has 0 aliphatic carbocycles. The van der Waals surface area contributed by atoms with E-state index in [1.165, 1.54) is 5.56 Å². The Hall–Kier alpha value is -3.67. The molecule has 4 aromatic rings. The molecule has 6 heteroatoms. The van der Waals surface area contributed by atoms with Crippen LogP contribution in [0.5, 0.6) is 0 Å². The molecule has 1 aliphatic heterocycles. The molecule has 0 radical (unpaired) electrons. The third kappa shape index (κ3) is 4.46. The minimum atomic E-state index is -0.355. The summed E-state index contributed by atoms with van der Waals surface area (Å²) >= 11 is 0. The third-order valence-electron chi connectivity index (χ3n) is 8.41. The van der Waals surface area contributed by atoms with Crippen LogP contribution >= 0.6 is 0 Å². The first kappa shape index (κ1) is 26.0. The molecule has 6 nitrogen and oxygen atoms in total. The van der Waals surface area contributed by atoms with Crippen LogP contribution in [0, 0.1) is 13.8 Å². The average Bonchev–Trinajstić information content (AvgIpc) is 3.48. The topological polar surface area (TPSA) is 64.7 Å². The lowest BCUT2D eigenvalue weighted by Crippen LogP contribution is -2.38. The summed E-state index contributed by atoms with van der Waals surface area (Å²) in [5.41, 5.74) is 5.22. The van der Waals surface area contributed by atoms with Gasteiger partial charge in [0, 0.05) is 17.5 Å². The molecule has 38 heavy (non-hydrogen) atoms. The quantitative estimate of drug-likeness (QED) is 0.253. The Morgan fingerprint density at radius 3 is 2.26 bits per heavy atom. The summed E-state index contributed by atoms with van der Waals surface area (Å²) in [5, 5.41) is 13.6. The predicted molar refractivity (Wildman–Crippen MR) is 153 cm³/mol. The monoisotopic (exact) mass is 509 g/mol. The highest BCUT2D eigenvalue weighted by molar-refractivity contribution is 6.02. The molecule has 0 saturated carbocycles. The Bertz CT molecular complexity index is 1430. The fourth-order valence-corrected chi connectivity index (χ4v) is 6.03. The number of Topliss-reactive ketones (excluding diaryl/α,β-unsaturated/α-hetero) is 1. The molecule has 0 bridgehead atoms. The number of nitrogens with zero attached hydrogens (tertiary/aromatic N) is 4. The van der Waals surface area contributed by atoms with Crippen molar-refractivity contribution in [2.75, 3.05) is 5.32 Å². The number of benzene rings is 2. The van der Waals surface area contributed by atoms with Gasteiger partial charge in [-0.05, 0) is 70.7 Å². The number of fused-ring (bicyclic) bond motifs is 1. The minimum absolute atomic E-state index is 0.118. The molecule has 3 heterocycles. The van der Waals surface area contributed by atoms with Crippen LogP contribution in [-0.2, 0) is 11.0 Å². The van der Waals surface area contributed by atoms with Crippen molar-refractivity contribution in [2.45, 2.75) is 84.2 Å². The van der Waals surface area contributed by atoms with E-state index in [1.807, 2.05) is 40.6 Å². The highest BCUT2D eigenvalue weighted by atomic mass is 16.1. The molecule has 2 aromatic heterocycles. The maximum Gasteiger partial charge on any atom is 0.169 e. The third-order valence-corrected chi connectivity index (χ3v) is 8.41. The van der Waals surface area contributed by atoms with Crippen molar-refractivity contribution in [2.24, 2.45) is 0 Å². The molecular formula is C32H39N5O. The number of anilines is 1. The highest BCUT2D eigenvalue weighted by Crippen LogP contribution is 2.43. The van der Waals surface area contributed by atoms with Gasteiger partial charge in [0.1, 0.15) is 5.82 Å². The first-order valence-electron chi connectivity index (χ1n) is 13.8. The van der Waals surface area contributed by atoms with Crippen LogP contribution in [0.25, 0.3) is 5.69 Å². The van der Waals surface area contributed by atoms with Crippen LogP contribution in [0.3, 0.4) is 0 Å². The molecule has 2 aromatic carbocycles. The maximum atomic E-state index is 14.2. The van der Waals surface area contributed by atoms with Gasteiger partial charge in [-0.1, -0.05) is 62.4 Å². The van der Waals surface area contributed by atoms with Crippen LogP contribution in [-0.4, -0.2) is 25.3 Å². The average molecular weight is 510 g/mol. The summed E-state index contributed by atoms with van der Waals surface area (Å²) in [5.74, 6) is 0.959. The summed E-state index contributed by atoms with van der Waals surface area (Å²) in [7, 11) is 0. The van der Waals surface area contributed by atoms with Gasteiger partial charge in [0.15, 0.2) is 5.78 Å². The van der Waals surface area contributed by atoms with Gasteiger partial charge >= 0.3 is 0 Å². The van der Waals surface area contributed by atoms with E-state index in [2.05, 4.69) is 82.4 Å². The largest absolute Gasteiger partial charge is 0.363 e. The van der Waals surface area contributed by atoms with Crippen LogP contribution < -0.4 is 5.32 Å². The molecule has 0 unspecified atom stereocenters. The van der Waals surface area contributed by atoms with Crippen molar-refractivity contribution in [3.8, 4) is 5.69 Å². The zero-order chi connectivity index (χ0) is 27.1. The van der Waals surface area contributed by atoms with Crippen LogP contribution in [0.1, 0.15) is 92.4 Å². The van der Waals surface area contributed by atoms with Crippen molar-refractivity contribution < 1.29 is 4.79 Å². The maximum absolute atomic E-state index is 14.2. The second-order valence-electron chi connectivity index (χ2n) is 11.4. The summed E-state index contributed by atoms with van der Waals surface area (Å²) in [6, 6.07) is 22.9. The van der Waals surface area contributed by atoms with E-state index in [1.54, 1.807) is 0 Å². The van der Waals surface area contributed by atoms with Crippen LogP contribution in [0.2, 0.25) is 0 Å². The van der Waals surface area contributed by atoms with Gasteiger partial charge in [-0.2, -0.15) is 10.2 Å². The lowest BCUT2D eigenvalue weighted by Gasteiger charge is -2.38. The first-order chi connectivity index (χ1) is 18.2. The van der Waals surface area contributed by atoms with Crippen LogP contribution in [0.4, 0.5) is 5.82 Å². The summed E-state index contributed by atoms with van der Waals surface area (Å²) in [6.45, 7) is 12.8. The number of nitrogens with one attached hydrogen (secondary N) is 1. The van der Waals surface area contributed by atoms with Gasteiger partial charge < -0.3 is 5.32 Å². The van der Waals surface area contributed by atoms with Gasteiger partial charge in [-0.15, -0.1) is 0 Å². The second-order valence-corrected chi connectivity index (χ2v) is 11.4. The van der Waals surface area contributed by atoms with Crippen molar-refractivity contribution in [3.63, 3.8) is 0 Å². The fraction of sp³-hybridized carbons (Fsp3) is 0.406. The second kappa shape index (κ2) is 9.90. The van der Waals surface area contributed by atoms with Crippen LogP contribution in [0.15, 0.2) is 66.7 Å². The van der Waals surface area contributed by atoms with Gasteiger partial charge in [0.2, 0.25) is 0 Å². The normalized spacial score (nSPS) is 16.6. The standard InChI is InChI=1S/C32H39N5O/c1-7-32(8-2,28-19-22(3)36(35-28)25-17-13-10-14-18-25)21-27(38)29-23(4)34-37-30(29)33-26(20-31(37,5)6)24-15-11-9-12-16-24/h9-19,26,33H,7-8,20-21H2,1-6H3/t26-/m1/s1. The number of aromatic nitrogens is 4. The van der Waals surface area contributed by atoms with E-state index < -0.39 is 0 Å². The van der Waals surface area contributed by atoms with E-state index in [0.717, 1.165) is 47.8 Å². The Kier molecular flexibility index (Phi) is 6.76. The lowest BCUT2D eigenvalue weighted by molar-refractivity contribution is 0.0942. The smallest absolute Gasteiger partial charge is 0.169 e. The molecule has 1 atom stereocenters. The Labute approximate surface area is 226 Å². The van der Waals surface area contributed by atoms with Gasteiger partial charge in [0.25, 0.3) is 0 Å². The lowest BCUT2D eigenvalue weighted by atomic mass is 9.74. The fourth-order valence-electron chi connectivity index (χ4n) is 6.03. The first-order valence-corrected chi connectivity index (χ1v) is 13.8. The Morgan fingerprint density at radius 1 is 1.00 bits per heavy atom. The molecular weight excluding hydrogens is 470 g/mol. The summed E-state index contributed by atoms with van der Waals surface area (Å²) in [6.07, 6.45) is 2.94. The zero-order valence-corrected chi connectivity index (χ0v) is 23.5. The number of hydrogen-bond donors (Lipinski definition) is 1. The van der Waals surface area contributed by atoms with E-state index in [-0.39, 0.29) is 22.8 Å². The van der Waals surface area contributed by atoms with Gasteiger partial charge in [-0.3, -0.25) is 4.79 Å². The predicted octanol–water partition coefficient (Wildman–Crippen LogP) is 7.31. The SMILES string of the molecule is CCC(CC)(CC(=O)c1c(C)nn2c1N[C@@H](c1ccccc1)CC2(C)C)c1cc(C)n(-c2ccccc2)n1. The number of carbonyl (C=O) groups is 1. The Morgan fingerprint density at radius 2 is 1.63 bits per heavy atom. The molecule has 5 rings (SSSR count). The molecule has 0 fully saturated rings. The molecule has 0 amide bonds. The van der Waals surface area contributed by atoms with E-state index in [0.29, 0.717) is 12.0 Å². The number of hydrogen-bond acceptors (Lipinski definition) is 4. The van der Waals surface area contributed by atoms with E-state index >= 15 is 0 Å². The number of carbonyl (C=O) groups excluding carboxylic acids is 1. The summed E-state index contributed by atoms with van der Waals surface area (Å²) in [4.78, 5) is 14.2. The van der Waals surface area contributed by atoms with Crippen molar-refractivity contribution in [3.05, 3.63) is 94.9 Å². The Balaban J connectivity index is 1.51. The van der Waals surface area contributed by atoms with Crippen molar-refractivity contribution >= 4 is 11.6 Å². The number of para-hydroxylation sites is 1. The van der Waals surface area contributed by atoms with E-state index in [9.17, 15) is 4.79 Å². The molecule has 0 spiro atoms. The molecule has 198 valence electrons.